The normalized spacial score (nSPS) is 11.3. The molecule has 0 heterocycles. The number of carbonyl (C=O) groups is 1. The van der Waals surface area contributed by atoms with Gasteiger partial charge in [-0.2, -0.15) is 0 Å². The second-order valence-corrected chi connectivity index (χ2v) is 4.71. The first-order valence-corrected chi connectivity index (χ1v) is 6.76. The Hall–Kier alpha value is -2.31. The van der Waals surface area contributed by atoms with Crippen LogP contribution in [0.3, 0.4) is 0 Å². The predicted molar refractivity (Wildman–Crippen MR) is 77.6 cm³/mol. The van der Waals surface area contributed by atoms with Crippen LogP contribution in [0.4, 0.5) is 8.78 Å². The summed E-state index contributed by atoms with van der Waals surface area (Å²) in [5, 5.41) is 10.9. The lowest BCUT2D eigenvalue weighted by Crippen LogP contribution is -2.50. The van der Waals surface area contributed by atoms with E-state index in [1.165, 1.54) is 24.3 Å². The molecule has 2 aromatic rings. The summed E-state index contributed by atoms with van der Waals surface area (Å²) >= 11 is 0. The van der Waals surface area contributed by atoms with Gasteiger partial charge in [-0.05, 0) is 35.4 Å². The zero-order valence-corrected chi connectivity index (χ0v) is 11.9. The molecule has 0 unspecified atom stereocenters. The van der Waals surface area contributed by atoms with E-state index in [1.807, 2.05) is 0 Å². The second-order valence-electron chi connectivity index (χ2n) is 4.71. The molecule has 0 aromatic heterocycles. The molecule has 0 saturated carbocycles. The molecule has 3 N–H and O–H groups in total. The van der Waals surface area contributed by atoms with Crippen molar-refractivity contribution in [3.8, 4) is 0 Å². The van der Waals surface area contributed by atoms with Gasteiger partial charge in [-0.15, -0.1) is 0 Å². The second kappa shape index (κ2) is 6.64. The molecule has 0 bridgehead atoms. The minimum Gasteiger partial charge on any atom is -0.372 e. The Morgan fingerprint density at radius 2 is 1.41 bits per heavy atom. The number of rotatable bonds is 5. The van der Waals surface area contributed by atoms with Crippen molar-refractivity contribution < 1.29 is 18.7 Å². The van der Waals surface area contributed by atoms with Gasteiger partial charge in [0.05, 0.1) is 0 Å². The van der Waals surface area contributed by atoms with E-state index in [0.717, 1.165) is 24.3 Å². The number of hydrogen-bond acceptors (Lipinski definition) is 3. The summed E-state index contributed by atoms with van der Waals surface area (Å²) in [6, 6.07) is 9.81. The molecule has 0 aliphatic heterocycles. The van der Waals surface area contributed by atoms with Crippen LogP contribution in [0, 0.1) is 11.6 Å². The van der Waals surface area contributed by atoms with Crippen molar-refractivity contribution >= 4 is 5.91 Å². The lowest BCUT2D eigenvalue weighted by molar-refractivity contribution is -0.137. The van der Waals surface area contributed by atoms with E-state index in [-0.39, 0.29) is 11.1 Å². The van der Waals surface area contributed by atoms with Crippen LogP contribution in [-0.4, -0.2) is 17.6 Å². The SMILES string of the molecule is CCNNC(=O)C(O)(c1ccc(F)cc1)c1ccc(F)cc1. The summed E-state index contributed by atoms with van der Waals surface area (Å²) in [7, 11) is 0. The molecule has 0 aliphatic rings. The van der Waals surface area contributed by atoms with Gasteiger partial charge in [0.25, 0.3) is 5.91 Å². The first-order valence-electron chi connectivity index (χ1n) is 6.76. The maximum atomic E-state index is 13.1. The number of hydrazine groups is 1. The van der Waals surface area contributed by atoms with E-state index in [4.69, 9.17) is 0 Å². The molecule has 0 spiro atoms. The van der Waals surface area contributed by atoms with E-state index in [2.05, 4.69) is 10.9 Å². The Morgan fingerprint density at radius 1 is 1.00 bits per heavy atom. The van der Waals surface area contributed by atoms with Crippen LogP contribution in [0.2, 0.25) is 0 Å². The molecule has 0 atom stereocenters. The average molecular weight is 306 g/mol. The van der Waals surface area contributed by atoms with E-state index < -0.39 is 23.1 Å². The van der Waals surface area contributed by atoms with E-state index in [0.29, 0.717) is 6.54 Å². The van der Waals surface area contributed by atoms with Gasteiger partial charge in [-0.25, -0.2) is 14.2 Å². The average Bonchev–Trinajstić information content (AvgIpc) is 2.53. The molecule has 0 aliphatic carbocycles. The molecule has 0 saturated heterocycles. The Labute approximate surface area is 126 Å². The van der Waals surface area contributed by atoms with Gasteiger partial charge in [0.15, 0.2) is 5.60 Å². The molecule has 4 nitrogen and oxygen atoms in total. The largest absolute Gasteiger partial charge is 0.372 e. The van der Waals surface area contributed by atoms with Crippen molar-refractivity contribution in [2.24, 2.45) is 0 Å². The fourth-order valence-electron chi connectivity index (χ4n) is 2.07. The summed E-state index contributed by atoms with van der Waals surface area (Å²) in [5.74, 6) is -1.72. The zero-order valence-electron chi connectivity index (χ0n) is 11.9. The highest BCUT2D eigenvalue weighted by Gasteiger charge is 2.40. The first-order chi connectivity index (χ1) is 10.5. The summed E-state index contributed by atoms with van der Waals surface area (Å²) in [4.78, 5) is 12.4. The molecule has 116 valence electrons. The smallest absolute Gasteiger partial charge is 0.275 e. The van der Waals surface area contributed by atoms with Crippen molar-refractivity contribution in [2.75, 3.05) is 6.54 Å². The molecule has 0 radical (unpaired) electrons. The van der Waals surface area contributed by atoms with Crippen LogP contribution in [-0.2, 0) is 10.4 Å². The van der Waals surface area contributed by atoms with Gasteiger partial charge in [0.2, 0.25) is 0 Å². The zero-order chi connectivity index (χ0) is 16.2. The van der Waals surface area contributed by atoms with Crippen LogP contribution in [0.15, 0.2) is 48.5 Å². The lowest BCUT2D eigenvalue weighted by atomic mass is 9.85. The number of amides is 1. The van der Waals surface area contributed by atoms with Crippen LogP contribution in [0.1, 0.15) is 18.1 Å². The Balaban J connectivity index is 2.50. The third kappa shape index (κ3) is 3.13. The summed E-state index contributed by atoms with van der Waals surface area (Å²) in [5.41, 5.74) is 3.27. The lowest BCUT2D eigenvalue weighted by Gasteiger charge is -2.28. The summed E-state index contributed by atoms with van der Waals surface area (Å²) < 4.78 is 26.2. The maximum Gasteiger partial charge on any atom is 0.275 e. The first kappa shape index (κ1) is 16.1. The van der Waals surface area contributed by atoms with Gasteiger partial charge < -0.3 is 5.11 Å². The van der Waals surface area contributed by atoms with Crippen LogP contribution in [0.5, 0.6) is 0 Å². The number of benzene rings is 2. The van der Waals surface area contributed by atoms with Crippen molar-refractivity contribution in [2.45, 2.75) is 12.5 Å². The highest BCUT2D eigenvalue weighted by atomic mass is 19.1. The number of halogens is 2. The third-order valence-electron chi connectivity index (χ3n) is 3.23. The molecule has 2 aromatic carbocycles. The predicted octanol–water partition coefficient (Wildman–Crippen LogP) is 1.84. The monoisotopic (exact) mass is 306 g/mol. The van der Waals surface area contributed by atoms with E-state index >= 15 is 0 Å². The fraction of sp³-hybridized carbons (Fsp3) is 0.188. The molecular formula is C16H16F2N2O2. The number of nitrogens with one attached hydrogen (secondary N) is 2. The summed E-state index contributed by atoms with van der Waals surface area (Å²) in [6.45, 7) is 2.23. The minimum atomic E-state index is -2.07. The van der Waals surface area contributed by atoms with Gasteiger partial charge in [0.1, 0.15) is 11.6 Å². The quantitative estimate of drug-likeness (QED) is 0.739. The van der Waals surface area contributed by atoms with Crippen molar-refractivity contribution in [3.05, 3.63) is 71.3 Å². The molecule has 2 rings (SSSR count). The van der Waals surface area contributed by atoms with Gasteiger partial charge in [-0.3, -0.25) is 10.2 Å². The fourth-order valence-corrected chi connectivity index (χ4v) is 2.07. The molecular weight excluding hydrogens is 290 g/mol. The molecule has 22 heavy (non-hydrogen) atoms. The molecule has 1 amide bonds. The van der Waals surface area contributed by atoms with Gasteiger partial charge in [-0.1, -0.05) is 31.2 Å². The highest BCUT2D eigenvalue weighted by Crippen LogP contribution is 2.30. The number of carbonyl (C=O) groups excluding carboxylic acids is 1. The Kier molecular flexibility index (Phi) is 4.85. The number of hydrogen-bond donors (Lipinski definition) is 3. The van der Waals surface area contributed by atoms with Gasteiger partial charge >= 0.3 is 0 Å². The summed E-state index contributed by atoms with van der Waals surface area (Å²) in [6.07, 6.45) is 0. The Morgan fingerprint density at radius 3 is 1.77 bits per heavy atom. The standard InChI is InChI=1S/C16H16F2N2O2/c1-2-19-20-15(21)16(22,11-3-7-13(17)8-4-11)12-5-9-14(18)10-6-12/h3-10,19,22H,2H2,1H3,(H,20,21). The van der Waals surface area contributed by atoms with Crippen LogP contribution < -0.4 is 10.9 Å². The molecule has 6 heteroatoms. The van der Waals surface area contributed by atoms with Crippen molar-refractivity contribution in [1.82, 2.24) is 10.9 Å². The van der Waals surface area contributed by atoms with Crippen LogP contribution in [0.25, 0.3) is 0 Å². The molecule has 0 fully saturated rings. The number of aliphatic hydroxyl groups is 1. The van der Waals surface area contributed by atoms with Crippen molar-refractivity contribution in [3.63, 3.8) is 0 Å². The topological polar surface area (TPSA) is 61.4 Å². The third-order valence-corrected chi connectivity index (χ3v) is 3.23. The Bertz CT molecular complexity index is 597. The highest BCUT2D eigenvalue weighted by molar-refractivity contribution is 5.89. The van der Waals surface area contributed by atoms with E-state index in [1.54, 1.807) is 6.92 Å². The maximum absolute atomic E-state index is 13.1. The van der Waals surface area contributed by atoms with Crippen molar-refractivity contribution in [1.29, 1.82) is 0 Å². The van der Waals surface area contributed by atoms with Crippen LogP contribution >= 0.6 is 0 Å². The van der Waals surface area contributed by atoms with Gasteiger partial charge in [0, 0.05) is 6.54 Å². The minimum absolute atomic E-state index is 0.177. The van der Waals surface area contributed by atoms with E-state index in [9.17, 15) is 18.7 Å².